The summed E-state index contributed by atoms with van der Waals surface area (Å²) in [5.41, 5.74) is 3.45. The summed E-state index contributed by atoms with van der Waals surface area (Å²) >= 11 is 1.47. The van der Waals surface area contributed by atoms with Crippen LogP contribution in [-0.2, 0) is 13.0 Å². The second-order valence-corrected chi connectivity index (χ2v) is 9.38. The largest absolute Gasteiger partial charge is 0.507 e. The Hall–Kier alpha value is -4.10. The van der Waals surface area contributed by atoms with Gasteiger partial charge in [-0.05, 0) is 55.7 Å². The molecule has 0 atom stereocenters. The van der Waals surface area contributed by atoms with Crippen molar-refractivity contribution in [2.75, 3.05) is 0 Å². The van der Waals surface area contributed by atoms with Crippen LogP contribution in [0.5, 0.6) is 5.75 Å². The number of hydrogen-bond acceptors (Lipinski definition) is 6. The van der Waals surface area contributed by atoms with Crippen molar-refractivity contribution < 1.29 is 5.11 Å². The second kappa shape index (κ2) is 9.64. The molecule has 7 heteroatoms. The van der Waals surface area contributed by atoms with Crippen molar-refractivity contribution in [3.63, 3.8) is 0 Å². The van der Waals surface area contributed by atoms with E-state index in [9.17, 15) is 9.90 Å². The zero-order valence-corrected chi connectivity index (χ0v) is 20.3. The Morgan fingerprint density at radius 2 is 1.63 bits per heavy atom. The van der Waals surface area contributed by atoms with E-state index in [-0.39, 0.29) is 11.3 Å². The number of phenols is 1. The lowest BCUT2D eigenvalue weighted by Gasteiger charge is -2.17. The number of phenolic OH excluding ortho intramolecular Hbond substituents is 1. The topological polar surface area (TPSA) is 80.9 Å². The van der Waals surface area contributed by atoms with Crippen molar-refractivity contribution in [1.29, 1.82) is 0 Å². The van der Waals surface area contributed by atoms with E-state index in [0.717, 1.165) is 20.9 Å². The second-order valence-electron chi connectivity index (χ2n) is 8.30. The van der Waals surface area contributed by atoms with Crippen molar-refractivity contribution in [2.45, 2.75) is 26.8 Å². The smallest absolute Gasteiger partial charge is 0.262 e. The lowest BCUT2D eigenvalue weighted by atomic mass is 10.1. The highest BCUT2D eigenvalue weighted by Gasteiger charge is 2.21. The molecule has 6 nitrogen and oxygen atoms in total. The van der Waals surface area contributed by atoms with Crippen LogP contribution in [0.15, 0.2) is 83.9 Å². The number of para-hydroxylation sites is 1. The first kappa shape index (κ1) is 22.7. The molecule has 0 fully saturated rings. The van der Waals surface area contributed by atoms with Gasteiger partial charge in [0, 0.05) is 23.8 Å². The van der Waals surface area contributed by atoms with Gasteiger partial charge < -0.3 is 5.11 Å². The van der Waals surface area contributed by atoms with Gasteiger partial charge >= 0.3 is 0 Å². The number of rotatable bonds is 6. The van der Waals surface area contributed by atoms with Crippen LogP contribution in [0.3, 0.4) is 0 Å². The summed E-state index contributed by atoms with van der Waals surface area (Å²) in [6.45, 7) is 4.12. The van der Waals surface area contributed by atoms with E-state index in [1.165, 1.54) is 11.3 Å². The Morgan fingerprint density at radius 1 is 0.886 bits per heavy atom. The van der Waals surface area contributed by atoms with Crippen LogP contribution < -0.4 is 5.56 Å². The van der Waals surface area contributed by atoms with Gasteiger partial charge in [-0.2, -0.15) is 0 Å². The van der Waals surface area contributed by atoms with E-state index in [2.05, 4.69) is 9.97 Å². The fourth-order valence-corrected chi connectivity index (χ4v) is 5.14. The van der Waals surface area contributed by atoms with E-state index in [4.69, 9.17) is 4.98 Å². The van der Waals surface area contributed by atoms with Gasteiger partial charge in [0.2, 0.25) is 0 Å². The highest BCUT2D eigenvalue weighted by atomic mass is 32.1. The molecule has 3 heterocycles. The molecule has 0 aliphatic heterocycles. The van der Waals surface area contributed by atoms with Crippen LogP contribution >= 0.6 is 11.3 Å². The first-order valence-electron chi connectivity index (χ1n) is 11.3. The van der Waals surface area contributed by atoms with Crippen LogP contribution in [0.2, 0.25) is 0 Å². The summed E-state index contributed by atoms with van der Waals surface area (Å²) in [5.74, 6) is 1.23. The molecular weight excluding hydrogens is 456 g/mol. The standard InChI is InChI=1S/C28H24N4O2S/c1-18-8-6-11-21(25(18)33)27-31-19(2)24(22-12-13-23(35-22)26-29-15-7-16-30-26)28(34)32(27)17-14-20-9-4-3-5-10-20/h3-13,15-16,33H,14,17H2,1-2H3. The fraction of sp³-hybridized carbons (Fsp3) is 0.143. The molecule has 5 aromatic rings. The first-order valence-corrected chi connectivity index (χ1v) is 12.2. The van der Waals surface area contributed by atoms with Gasteiger partial charge in [0.15, 0.2) is 5.82 Å². The van der Waals surface area contributed by atoms with Crippen molar-refractivity contribution in [2.24, 2.45) is 0 Å². The van der Waals surface area contributed by atoms with Crippen molar-refractivity contribution in [3.05, 3.63) is 106 Å². The van der Waals surface area contributed by atoms with Gasteiger partial charge in [-0.25, -0.2) is 15.0 Å². The van der Waals surface area contributed by atoms with Crippen molar-refractivity contribution in [3.8, 4) is 38.3 Å². The zero-order chi connectivity index (χ0) is 24.4. The molecule has 0 unspecified atom stereocenters. The third-order valence-electron chi connectivity index (χ3n) is 5.93. The minimum atomic E-state index is -0.133. The minimum Gasteiger partial charge on any atom is -0.507 e. The summed E-state index contributed by atoms with van der Waals surface area (Å²) in [6, 6.07) is 21.2. The van der Waals surface area contributed by atoms with Crippen LogP contribution in [0.1, 0.15) is 16.8 Å². The Labute approximate surface area is 207 Å². The molecule has 35 heavy (non-hydrogen) atoms. The molecule has 5 rings (SSSR count). The number of benzene rings is 2. The predicted molar refractivity (Wildman–Crippen MR) is 140 cm³/mol. The van der Waals surface area contributed by atoms with Gasteiger partial charge in [-0.1, -0.05) is 42.5 Å². The maximum Gasteiger partial charge on any atom is 0.262 e. The highest BCUT2D eigenvalue weighted by molar-refractivity contribution is 7.18. The molecule has 2 aromatic carbocycles. The Kier molecular flexibility index (Phi) is 6.25. The molecule has 3 aromatic heterocycles. The van der Waals surface area contributed by atoms with Gasteiger partial charge in [0.1, 0.15) is 11.6 Å². The van der Waals surface area contributed by atoms with E-state index in [1.807, 2.05) is 68.4 Å². The molecule has 0 bridgehead atoms. The highest BCUT2D eigenvalue weighted by Crippen LogP contribution is 2.35. The van der Waals surface area contributed by atoms with Gasteiger partial charge in [0.25, 0.3) is 5.56 Å². The monoisotopic (exact) mass is 480 g/mol. The SMILES string of the molecule is Cc1cccc(-c2nc(C)c(-c3ccc(-c4ncccn4)s3)c(=O)n2CCc2ccccc2)c1O. The zero-order valence-electron chi connectivity index (χ0n) is 19.5. The number of hydrogen-bond donors (Lipinski definition) is 1. The summed E-state index contributed by atoms with van der Waals surface area (Å²) in [6.07, 6.45) is 4.07. The van der Waals surface area contributed by atoms with Crippen LogP contribution in [-0.4, -0.2) is 24.6 Å². The molecule has 0 radical (unpaired) electrons. The quantitative estimate of drug-likeness (QED) is 0.339. The van der Waals surface area contributed by atoms with E-state index >= 15 is 0 Å². The van der Waals surface area contributed by atoms with Gasteiger partial charge in [0.05, 0.1) is 21.7 Å². The Bertz CT molecular complexity index is 1540. The maximum atomic E-state index is 14.0. The normalized spacial score (nSPS) is 11.0. The predicted octanol–water partition coefficient (Wildman–Crippen LogP) is 5.66. The molecular formula is C28H24N4O2S. The van der Waals surface area contributed by atoms with Crippen molar-refractivity contribution in [1.82, 2.24) is 19.5 Å². The fourth-order valence-electron chi connectivity index (χ4n) is 4.10. The lowest BCUT2D eigenvalue weighted by molar-refractivity contribution is 0.472. The van der Waals surface area contributed by atoms with Crippen LogP contribution in [0.4, 0.5) is 0 Å². The van der Waals surface area contributed by atoms with Crippen LogP contribution in [0.25, 0.3) is 32.5 Å². The maximum absolute atomic E-state index is 14.0. The molecule has 0 spiro atoms. The number of nitrogens with zero attached hydrogens (tertiary/aromatic N) is 4. The number of thiophene rings is 1. The van der Waals surface area contributed by atoms with Gasteiger partial charge in [-0.3, -0.25) is 9.36 Å². The number of aromatic hydroxyl groups is 1. The molecule has 0 amide bonds. The first-order chi connectivity index (χ1) is 17.0. The molecule has 0 aliphatic carbocycles. The third-order valence-corrected chi connectivity index (χ3v) is 7.03. The van der Waals surface area contributed by atoms with Crippen molar-refractivity contribution >= 4 is 11.3 Å². The average Bonchev–Trinajstić information content (AvgIpc) is 3.36. The Balaban J connectivity index is 1.65. The number of aromatic nitrogens is 4. The molecule has 0 saturated heterocycles. The van der Waals surface area contributed by atoms with Crippen LogP contribution in [0, 0.1) is 13.8 Å². The molecule has 0 aliphatic rings. The summed E-state index contributed by atoms with van der Waals surface area (Å²) in [5, 5.41) is 10.8. The summed E-state index contributed by atoms with van der Waals surface area (Å²) < 4.78 is 1.68. The van der Waals surface area contributed by atoms with E-state index in [0.29, 0.717) is 41.4 Å². The third kappa shape index (κ3) is 4.50. The van der Waals surface area contributed by atoms with E-state index < -0.39 is 0 Å². The molecule has 0 saturated carbocycles. The lowest BCUT2D eigenvalue weighted by Crippen LogP contribution is -2.27. The average molecular weight is 481 g/mol. The summed E-state index contributed by atoms with van der Waals surface area (Å²) in [4.78, 5) is 29.2. The van der Waals surface area contributed by atoms with E-state index in [1.54, 1.807) is 29.1 Å². The molecule has 1 N–H and O–H groups in total. The molecule has 174 valence electrons. The Morgan fingerprint density at radius 3 is 2.40 bits per heavy atom. The van der Waals surface area contributed by atoms with Gasteiger partial charge in [-0.15, -0.1) is 11.3 Å². The number of aryl methyl sites for hydroxylation is 3. The summed E-state index contributed by atoms with van der Waals surface area (Å²) in [7, 11) is 0. The minimum absolute atomic E-state index is 0.133.